The molecule has 6 nitrogen and oxygen atoms in total. The summed E-state index contributed by atoms with van der Waals surface area (Å²) < 4.78 is 0. The number of phenolic OH excluding ortho intramolecular Hbond substituents is 1. The Balaban J connectivity index is 0.00000288. The Morgan fingerprint density at radius 2 is 2.12 bits per heavy atom. The van der Waals surface area contributed by atoms with Crippen LogP contribution in [0.15, 0.2) is 29.3 Å². The molecule has 1 amide bonds. The number of carbonyl (C=O) groups excluding carboxylic acids is 1. The van der Waals surface area contributed by atoms with Gasteiger partial charge in [-0.1, -0.05) is 13.0 Å². The lowest BCUT2D eigenvalue weighted by Crippen LogP contribution is -2.39. The zero-order chi connectivity index (χ0) is 16.7. The predicted molar refractivity (Wildman–Crippen MR) is 107 cm³/mol. The molecule has 0 radical (unpaired) electrons. The molecule has 2 rings (SSSR count). The van der Waals surface area contributed by atoms with Crippen LogP contribution in [0.25, 0.3) is 0 Å². The van der Waals surface area contributed by atoms with Crippen LogP contribution >= 0.6 is 24.0 Å². The summed E-state index contributed by atoms with van der Waals surface area (Å²) in [4.78, 5) is 16.4. The molecule has 1 aliphatic rings. The third kappa shape index (κ3) is 6.94. The fourth-order valence-electron chi connectivity index (χ4n) is 2.24. The number of rotatable bonds is 7. The second-order valence-electron chi connectivity index (χ2n) is 5.88. The summed E-state index contributed by atoms with van der Waals surface area (Å²) in [7, 11) is 0. The van der Waals surface area contributed by atoms with Crippen molar-refractivity contribution in [2.24, 2.45) is 10.9 Å². The van der Waals surface area contributed by atoms with Crippen LogP contribution in [0.5, 0.6) is 5.75 Å². The maximum absolute atomic E-state index is 11.9. The van der Waals surface area contributed by atoms with Crippen LogP contribution in [-0.4, -0.2) is 42.6 Å². The first-order valence-electron chi connectivity index (χ1n) is 8.22. The topological polar surface area (TPSA) is 85.8 Å². The van der Waals surface area contributed by atoms with E-state index in [1.165, 1.54) is 12.5 Å². The Morgan fingerprint density at radius 1 is 1.38 bits per heavy atom. The minimum Gasteiger partial charge on any atom is -0.508 e. The van der Waals surface area contributed by atoms with Crippen molar-refractivity contribution in [3.05, 3.63) is 29.8 Å². The summed E-state index contributed by atoms with van der Waals surface area (Å²) in [5.41, 5.74) is 0.464. The van der Waals surface area contributed by atoms with Gasteiger partial charge < -0.3 is 21.1 Å². The summed E-state index contributed by atoms with van der Waals surface area (Å²) >= 11 is 0. The van der Waals surface area contributed by atoms with Crippen LogP contribution in [0.2, 0.25) is 0 Å². The summed E-state index contributed by atoms with van der Waals surface area (Å²) in [5.74, 6) is 1.49. The quantitative estimate of drug-likeness (QED) is 0.224. The van der Waals surface area contributed by atoms with E-state index in [2.05, 4.69) is 27.9 Å². The van der Waals surface area contributed by atoms with Crippen molar-refractivity contribution < 1.29 is 9.90 Å². The Bertz CT molecular complexity index is 565. The molecule has 1 saturated carbocycles. The maximum Gasteiger partial charge on any atom is 0.251 e. The van der Waals surface area contributed by atoms with Crippen molar-refractivity contribution in [3.63, 3.8) is 0 Å². The van der Waals surface area contributed by atoms with E-state index < -0.39 is 0 Å². The highest BCUT2D eigenvalue weighted by molar-refractivity contribution is 14.0. The van der Waals surface area contributed by atoms with Gasteiger partial charge >= 0.3 is 0 Å². The lowest BCUT2D eigenvalue weighted by atomic mass is 10.2. The summed E-state index contributed by atoms with van der Waals surface area (Å²) in [6, 6.07) is 6.87. The standard InChI is InChI=1S/C17H26N4O2.HI/c1-3-18-17(21-15-10-12(15)2)20-9-5-8-19-16(23)13-6-4-7-14(22)11-13;/h4,6-7,11-12,15,22H,3,5,8-10H2,1-2H3,(H,19,23)(H2,18,20,21);1H. The van der Waals surface area contributed by atoms with E-state index in [1.807, 2.05) is 6.92 Å². The summed E-state index contributed by atoms with van der Waals surface area (Å²) in [6.07, 6.45) is 1.96. The largest absolute Gasteiger partial charge is 0.508 e. The lowest BCUT2D eigenvalue weighted by Gasteiger charge is -2.10. The second-order valence-corrected chi connectivity index (χ2v) is 5.88. The van der Waals surface area contributed by atoms with Crippen molar-refractivity contribution in [1.29, 1.82) is 0 Å². The first-order valence-corrected chi connectivity index (χ1v) is 8.22. The van der Waals surface area contributed by atoms with E-state index in [0.29, 0.717) is 24.7 Å². The zero-order valence-electron chi connectivity index (χ0n) is 14.2. The number of aromatic hydroxyl groups is 1. The van der Waals surface area contributed by atoms with E-state index >= 15 is 0 Å². The molecule has 4 N–H and O–H groups in total. The van der Waals surface area contributed by atoms with Crippen LogP contribution in [0, 0.1) is 5.92 Å². The summed E-state index contributed by atoms with van der Waals surface area (Å²) in [5, 5.41) is 18.8. The maximum atomic E-state index is 11.9. The molecular weight excluding hydrogens is 419 g/mol. The minimum atomic E-state index is -0.179. The molecule has 0 heterocycles. The number of aliphatic imine (C=N–C) groups is 1. The highest BCUT2D eigenvalue weighted by Crippen LogP contribution is 2.28. The predicted octanol–water partition coefficient (Wildman–Crippen LogP) is 2.09. The van der Waals surface area contributed by atoms with Gasteiger partial charge in [0.15, 0.2) is 5.96 Å². The first kappa shape index (κ1) is 20.5. The molecule has 24 heavy (non-hydrogen) atoms. The third-order valence-corrected chi connectivity index (χ3v) is 3.77. The van der Waals surface area contributed by atoms with Crippen LogP contribution in [-0.2, 0) is 0 Å². The Kier molecular flexibility index (Phi) is 8.88. The lowest BCUT2D eigenvalue weighted by molar-refractivity contribution is 0.0953. The SMILES string of the molecule is CCNC(=NCCCNC(=O)c1cccc(O)c1)NC1CC1C.I. The van der Waals surface area contributed by atoms with E-state index in [9.17, 15) is 9.90 Å². The Morgan fingerprint density at radius 3 is 2.75 bits per heavy atom. The average Bonchev–Trinajstić information content (AvgIpc) is 3.21. The van der Waals surface area contributed by atoms with Gasteiger partial charge in [0.05, 0.1) is 0 Å². The molecular formula is C17H27IN4O2. The van der Waals surface area contributed by atoms with E-state index in [4.69, 9.17) is 0 Å². The Hall–Kier alpha value is -1.51. The molecule has 1 aromatic rings. The molecule has 2 atom stereocenters. The fraction of sp³-hybridized carbons (Fsp3) is 0.529. The molecule has 0 spiro atoms. The van der Waals surface area contributed by atoms with Gasteiger partial charge in [-0.2, -0.15) is 0 Å². The molecule has 1 fully saturated rings. The van der Waals surface area contributed by atoms with Crippen LogP contribution in [0.3, 0.4) is 0 Å². The molecule has 2 unspecified atom stereocenters. The normalized spacial score (nSPS) is 19.2. The number of amides is 1. The monoisotopic (exact) mass is 446 g/mol. The van der Waals surface area contributed by atoms with Gasteiger partial charge in [-0.05, 0) is 43.9 Å². The number of halogens is 1. The number of hydrogen-bond donors (Lipinski definition) is 4. The van der Waals surface area contributed by atoms with Gasteiger partial charge in [-0.25, -0.2) is 0 Å². The number of carbonyl (C=O) groups is 1. The number of guanidine groups is 1. The molecule has 0 bridgehead atoms. The van der Waals surface area contributed by atoms with Crippen LogP contribution in [0.4, 0.5) is 0 Å². The highest BCUT2D eigenvalue weighted by Gasteiger charge is 2.33. The first-order chi connectivity index (χ1) is 11.1. The van der Waals surface area contributed by atoms with Crippen molar-refractivity contribution in [3.8, 4) is 5.75 Å². The number of benzene rings is 1. The van der Waals surface area contributed by atoms with E-state index in [0.717, 1.165) is 24.8 Å². The molecule has 134 valence electrons. The highest BCUT2D eigenvalue weighted by atomic mass is 127. The van der Waals surface area contributed by atoms with Crippen LogP contribution in [0.1, 0.15) is 37.0 Å². The van der Waals surface area contributed by atoms with Crippen LogP contribution < -0.4 is 16.0 Å². The van der Waals surface area contributed by atoms with Gasteiger partial charge in [0.2, 0.25) is 0 Å². The molecule has 0 saturated heterocycles. The van der Waals surface area contributed by atoms with E-state index in [1.54, 1.807) is 18.2 Å². The van der Waals surface area contributed by atoms with Crippen molar-refractivity contribution in [1.82, 2.24) is 16.0 Å². The Labute approximate surface area is 160 Å². The number of hydrogen-bond acceptors (Lipinski definition) is 3. The van der Waals surface area contributed by atoms with E-state index in [-0.39, 0.29) is 35.6 Å². The number of nitrogens with one attached hydrogen (secondary N) is 3. The zero-order valence-corrected chi connectivity index (χ0v) is 16.5. The number of phenols is 1. The number of nitrogens with zero attached hydrogens (tertiary/aromatic N) is 1. The van der Waals surface area contributed by atoms with Gasteiger partial charge in [-0.15, -0.1) is 24.0 Å². The molecule has 1 aromatic carbocycles. The molecule has 0 aliphatic heterocycles. The minimum absolute atomic E-state index is 0. The van der Waals surface area contributed by atoms with Gasteiger partial charge in [0, 0.05) is 31.2 Å². The molecule has 1 aliphatic carbocycles. The smallest absolute Gasteiger partial charge is 0.251 e. The molecule has 0 aromatic heterocycles. The third-order valence-electron chi connectivity index (χ3n) is 3.77. The van der Waals surface area contributed by atoms with Crippen molar-refractivity contribution in [2.45, 2.75) is 32.7 Å². The van der Waals surface area contributed by atoms with Gasteiger partial charge in [0.1, 0.15) is 5.75 Å². The fourth-order valence-corrected chi connectivity index (χ4v) is 2.24. The molecule has 7 heteroatoms. The summed E-state index contributed by atoms with van der Waals surface area (Å²) in [6.45, 7) is 6.30. The van der Waals surface area contributed by atoms with Crippen molar-refractivity contribution >= 4 is 35.8 Å². The average molecular weight is 446 g/mol. The van der Waals surface area contributed by atoms with Gasteiger partial charge in [0.25, 0.3) is 5.91 Å². The van der Waals surface area contributed by atoms with Gasteiger partial charge in [-0.3, -0.25) is 9.79 Å². The van der Waals surface area contributed by atoms with Crippen molar-refractivity contribution in [2.75, 3.05) is 19.6 Å². The second kappa shape index (κ2) is 10.4.